The number of nitrogens with zero attached hydrogens (tertiary/aromatic N) is 3. The van der Waals surface area contributed by atoms with Gasteiger partial charge in [0.2, 0.25) is 11.8 Å². The summed E-state index contributed by atoms with van der Waals surface area (Å²) in [6.07, 6.45) is 6.17. The summed E-state index contributed by atoms with van der Waals surface area (Å²) in [6.45, 7) is 10.4. The maximum atomic E-state index is 5.56. The minimum absolute atomic E-state index is 0.389. The summed E-state index contributed by atoms with van der Waals surface area (Å²) in [7, 11) is 0. The number of hydrogen-bond donors (Lipinski definition) is 1. The van der Waals surface area contributed by atoms with Crippen LogP contribution >= 0.6 is 0 Å². The van der Waals surface area contributed by atoms with Gasteiger partial charge in [-0.2, -0.15) is 0 Å². The third-order valence-electron chi connectivity index (χ3n) is 3.54. The molecule has 1 unspecified atom stereocenters. The van der Waals surface area contributed by atoms with Gasteiger partial charge < -0.3 is 14.3 Å². The van der Waals surface area contributed by atoms with Crippen molar-refractivity contribution in [3.05, 3.63) is 35.8 Å². The predicted octanol–water partition coefficient (Wildman–Crippen LogP) is 3.18. The van der Waals surface area contributed by atoms with Gasteiger partial charge in [0.25, 0.3) is 0 Å². The van der Waals surface area contributed by atoms with Gasteiger partial charge in [-0.1, -0.05) is 27.7 Å². The molecule has 2 aromatic rings. The standard InChI is InChI=1S/C16H26N4O/c1-5-8-17-16(12(3)4)13-7-9-20(10-13)11-15-19-18-14(6-2)21-15/h7,9-10,12,16-17H,5-6,8,11H2,1-4H3. The zero-order chi connectivity index (χ0) is 15.2. The summed E-state index contributed by atoms with van der Waals surface area (Å²) in [6, 6.07) is 2.56. The quantitative estimate of drug-likeness (QED) is 0.811. The Morgan fingerprint density at radius 2 is 2.00 bits per heavy atom. The Morgan fingerprint density at radius 1 is 1.24 bits per heavy atom. The Bertz CT molecular complexity index is 544. The van der Waals surface area contributed by atoms with E-state index in [0.717, 1.165) is 19.4 Å². The van der Waals surface area contributed by atoms with Crippen LogP contribution in [0.4, 0.5) is 0 Å². The summed E-state index contributed by atoms with van der Waals surface area (Å²) in [5, 5.41) is 11.7. The van der Waals surface area contributed by atoms with Gasteiger partial charge in [0.1, 0.15) is 6.54 Å². The van der Waals surface area contributed by atoms with Crippen molar-refractivity contribution in [2.24, 2.45) is 5.92 Å². The van der Waals surface area contributed by atoms with Gasteiger partial charge in [-0.3, -0.25) is 0 Å². The van der Waals surface area contributed by atoms with Crippen molar-refractivity contribution >= 4 is 0 Å². The molecule has 1 atom stereocenters. The molecule has 2 heterocycles. The van der Waals surface area contributed by atoms with Crippen molar-refractivity contribution in [2.75, 3.05) is 6.54 Å². The van der Waals surface area contributed by atoms with Crippen LogP contribution in [-0.2, 0) is 13.0 Å². The highest BCUT2D eigenvalue weighted by Gasteiger charge is 2.16. The van der Waals surface area contributed by atoms with Gasteiger partial charge >= 0.3 is 0 Å². The Balaban J connectivity index is 2.05. The van der Waals surface area contributed by atoms with Gasteiger partial charge in [0.05, 0.1) is 0 Å². The largest absolute Gasteiger partial charge is 0.423 e. The number of rotatable bonds is 8. The first-order valence-electron chi connectivity index (χ1n) is 7.84. The molecule has 21 heavy (non-hydrogen) atoms. The fraction of sp³-hybridized carbons (Fsp3) is 0.625. The summed E-state index contributed by atoms with van der Waals surface area (Å²) in [5.74, 6) is 1.92. The lowest BCUT2D eigenvalue weighted by Crippen LogP contribution is -2.26. The van der Waals surface area contributed by atoms with Crippen LogP contribution in [0.25, 0.3) is 0 Å². The van der Waals surface area contributed by atoms with Crippen LogP contribution in [0.5, 0.6) is 0 Å². The molecule has 0 fully saturated rings. The van der Waals surface area contributed by atoms with Crippen molar-refractivity contribution in [2.45, 2.75) is 53.1 Å². The average molecular weight is 290 g/mol. The Hall–Kier alpha value is -1.62. The van der Waals surface area contributed by atoms with Crippen LogP contribution < -0.4 is 5.32 Å². The first kappa shape index (κ1) is 15.8. The Labute approximate surface area is 126 Å². The number of nitrogens with one attached hydrogen (secondary N) is 1. The molecule has 0 amide bonds. The molecule has 0 aliphatic rings. The third kappa shape index (κ3) is 4.17. The van der Waals surface area contributed by atoms with Gasteiger partial charge in [-0.15, -0.1) is 10.2 Å². The van der Waals surface area contributed by atoms with Crippen LogP contribution in [0.15, 0.2) is 22.9 Å². The molecule has 5 nitrogen and oxygen atoms in total. The molecule has 0 aliphatic heterocycles. The van der Waals surface area contributed by atoms with E-state index in [-0.39, 0.29) is 0 Å². The maximum absolute atomic E-state index is 5.56. The molecule has 0 bridgehead atoms. The Morgan fingerprint density at radius 3 is 2.62 bits per heavy atom. The molecular weight excluding hydrogens is 264 g/mol. The lowest BCUT2D eigenvalue weighted by atomic mass is 9.98. The van der Waals surface area contributed by atoms with E-state index in [2.05, 4.69) is 59.3 Å². The first-order chi connectivity index (χ1) is 10.1. The monoisotopic (exact) mass is 290 g/mol. The number of aryl methyl sites for hydroxylation is 1. The summed E-state index contributed by atoms with van der Waals surface area (Å²) >= 11 is 0. The predicted molar refractivity (Wildman–Crippen MR) is 83.1 cm³/mol. The van der Waals surface area contributed by atoms with Crippen LogP contribution in [0.1, 0.15) is 57.5 Å². The first-order valence-corrected chi connectivity index (χ1v) is 7.84. The van der Waals surface area contributed by atoms with E-state index < -0.39 is 0 Å². The lowest BCUT2D eigenvalue weighted by molar-refractivity contribution is 0.411. The molecule has 1 N–H and O–H groups in total. The second-order valence-corrected chi connectivity index (χ2v) is 5.74. The van der Waals surface area contributed by atoms with E-state index in [1.165, 1.54) is 5.56 Å². The van der Waals surface area contributed by atoms with Crippen molar-refractivity contribution in [3.8, 4) is 0 Å². The van der Waals surface area contributed by atoms with Crippen LogP contribution in [0, 0.1) is 5.92 Å². The summed E-state index contributed by atoms with van der Waals surface area (Å²) in [5.41, 5.74) is 1.31. The van der Waals surface area contributed by atoms with Gasteiger partial charge in [-0.05, 0) is 30.5 Å². The highest BCUT2D eigenvalue weighted by Crippen LogP contribution is 2.22. The SMILES string of the molecule is CCCNC(c1ccn(Cc2nnc(CC)o2)c1)C(C)C. The zero-order valence-electron chi connectivity index (χ0n) is 13.5. The van der Waals surface area contributed by atoms with Crippen LogP contribution in [0.2, 0.25) is 0 Å². The van der Waals surface area contributed by atoms with E-state index in [0.29, 0.717) is 30.3 Å². The third-order valence-corrected chi connectivity index (χ3v) is 3.54. The number of hydrogen-bond acceptors (Lipinski definition) is 4. The highest BCUT2D eigenvalue weighted by atomic mass is 16.4. The average Bonchev–Trinajstić information content (AvgIpc) is 3.09. The lowest BCUT2D eigenvalue weighted by Gasteiger charge is -2.21. The molecule has 2 rings (SSSR count). The van der Waals surface area contributed by atoms with Gasteiger partial charge in [0, 0.05) is 24.9 Å². The van der Waals surface area contributed by atoms with Crippen LogP contribution in [-0.4, -0.2) is 21.3 Å². The molecular formula is C16H26N4O. The Kier molecular flexibility index (Phi) is 5.56. The van der Waals surface area contributed by atoms with Gasteiger partial charge in [0.15, 0.2) is 0 Å². The molecule has 0 saturated carbocycles. The topological polar surface area (TPSA) is 55.9 Å². The molecule has 0 spiro atoms. The summed E-state index contributed by atoms with van der Waals surface area (Å²) in [4.78, 5) is 0. The van der Waals surface area contributed by atoms with E-state index >= 15 is 0 Å². The fourth-order valence-electron chi connectivity index (χ4n) is 2.43. The molecule has 0 radical (unpaired) electrons. The molecule has 116 valence electrons. The molecule has 0 aliphatic carbocycles. The second kappa shape index (κ2) is 7.41. The second-order valence-electron chi connectivity index (χ2n) is 5.74. The molecule has 0 aromatic carbocycles. The highest BCUT2D eigenvalue weighted by molar-refractivity contribution is 5.16. The van der Waals surface area contributed by atoms with E-state index in [1.807, 2.05) is 6.92 Å². The molecule has 2 aromatic heterocycles. The molecule has 5 heteroatoms. The smallest absolute Gasteiger partial charge is 0.236 e. The van der Waals surface area contributed by atoms with Gasteiger partial charge in [-0.25, -0.2) is 0 Å². The van der Waals surface area contributed by atoms with E-state index in [9.17, 15) is 0 Å². The fourth-order valence-corrected chi connectivity index (χ4v) is 2.43. The van der Waals surface area contributed by atoms with E-state index in [4.69, 9.17) is 4.42 Å². The zero-order valence-corrected chi connectivity index (χ0v) is 13.5. The minimum Gasteiger partial charge on any atom is -0.423 e. The molecule has 0 saturated heterocycles. The van der Waals surface area contributed by atoms with Crippen molar-refractivity contribution in [3.63, 3.8) is 0 Å². The maximum Gasteiger partial charge on any atom is 0.236 e. The normalized spacial score (nSPS) is 13.0. The van der Waals surface area contributed by atoms with Crippen LogP contribution in [0.3, 0.4) is 0 Å². The van der Waals surface area contributed by atoms with Crippen molar-refractivity contribution < 1.29 is 4.42 Å². The van der Waals surface area contributed by atoms with Crippen molar-refractivity contribution in [1.29, 1.82) is 0 Å². The number of aromatic nitrogens is 3. The summed E-state index contributed by atoms with van der Waals surface area (Å²) < 4.78 is 7.66. The van der Waals surface area contributed by atoms with Crippen molar-refractivity contribution in [1.82, 2.24) is 20.1 Å². The van der Waals surface area contributed by atoms with E-state index in [1.54, 1.807) is 0 Å². The minimum atomic E-state index is 0.389.